The normalized spacial score (nSPS) is 12.5. The van der Waals surface area contributed by atoms with Crippen LogP contribution in [-0.4, -0.2) is 30.5 Å². The van der Waals surface area contributed by atoms with Gasteiger partial charge in [0, 0.05) is 18.8 Å². The number of carbonyl (C=O) groups is 1. The van der Waals surface area contributed by atoms with Crippen molar-refractivity contribution in [3.63, 3.8) is 0 Å². The molecule has 0 saturated heterocycles. The zero-order valence-corrected chi connectivity index (χ0v) is 18.3. The van der Waals surface area contributed by atoms with E-state index in [0.717, 1.165) is 11.3 Å². The number of carbonyl (C=O) groups excluding carboxylic acids is 1. The molecule has 2 heterocycles. The van der Waals surface area contributed by atoms with Gasteiger partial charge in [0.15, 0.2) is 10.7 Å². The first-order valence-electron chi connectivity index (χ1n) is 9.80. The lowest BCUT2D eigenvalue weighted by Gasteiger charge is -2.16. The van der Waals surface area contributed by atoms with E-state index in [1.165, 1.54) is 11.8 Å². The van der Waals surface area contributed by atoms with Gasteiger partial charge in [-0.05, 0) is 44.4 Å². The largest absolute Gasteiger partial charge is 0.325 e. The van der Waals surface area contributed by atoms with E-state index in [1.807, 2.05) is 58.9 Å². The van der Waals surface area contributed by atoms with Gasteiger partial charge in [0.1, 0.15) is 5.52 Å². The van der Waals surface area contributed by atoms with Crippen LogP contribution in [-0.2, 0) is 17.9 Å². The third-order valence-electron chi connectivity index (χ3n) is 4.45. The molecule has 0 aliphatic rings. The average molecular weight is 414 g/mol. The summed E-state index contributed by atoms with van der Waals surface area (Å²) in [6.45, 7) is 11.0. The molecule has 0 spiro atoms. The molecular formula is C21H27N5O2S. The lowest BCUT2D eigenvalue weighted by Crippen LogP contribution is -2.28. The fraction of sp³-hybridized carbons (Fsp3) is 0.429. The molecule has 2 aromatic heterocycles. The van der Waals surface area contributed by atoms with Crippen LogP contribution in [0.4, 0.5) is 5.69 Å². The van der Waals surface area contributed by atoms with Crippen LogP contribution in [0.15, 0.2) is 40.4 Å². The zero-order chi connectivity index (χ0) is 21.1. The van der Waals surface area contributed by atoms with E-state index in [4.69, 9.17) is 0 Å². The minimum atomic E-state index is -0.417. The number of nitrogens with zero attached hydrogens (tertiary/aromatic N) is 4. The van der Waals surface area contributed by atoms with Crippen molar-refractivity contribution in [3.8, 4) is 0 Å². The Hall–Kier alpha value is -2.61. The second-order valence-corrected chi connectivity index (χ2v) is 8.85. The molecule has 1 amide bonds. The second kappa shape index (κ2) is 8.82. The molecule has 3 aromatic rings. The first kappa shape index (κ1) is 21.1. The maximum atomic E-state index is 13.0. The number of rotatable bonds is 7. The van der Waals surface area contributed by atoms with Crippen LogP contribution in [0.3, 0.4) is 0 Å². The zero-order valence-electron chi connectivity index (χ0n) is 17.5. The van der Waals surface area contributed by atoms with E-state index >= 15 is 0 Å². The Morgan fingerprint density at radius 3 is 2.69 bits per heavy atom. The molecular weight excluding hydrogens is 386 g/mol. The molecule has 0 unspecified atom stereocenters. The molecule has 154 valence electrons. The Bertz CT molecular complexity index is 1090. The van der Waals surface area contributed by atoms with Crippen molar-refractivity contribution in [1.82, 2.24) is 19.3 Å². The first-order chi connectivity index (χ1) is 13.8. The molecule has 0 saturated carbocycles. The van der Waals surface area contributed by atoms with Crippen LogP contribution in [0, 0.1) is 12.8 Å². The fourth-order valence-electron chi connectivity index (χ4n) is 2.98. The van der Waals surface area contributed by atoms with E-state index in [9.17, 15) is 9.59 Å². The van der Waals surface area contributed by atoms with Crippen LogP contribution in [0.25, 0.3) is 11.0 Å². The molecule has 3 rings (SSSR count). The van der Waals surface area contributed by atoms with Crippen LogP contribution in [0.1, 0.15) is 33.3 Å². The second-order valence-electron chi connectivity index (χ2n) is 7.54. The van der Waals surface area contributed by atoms with Crippen LogP contribution >= 0.6 is 11.8 Å². The number of fused-ring (bicyclic) bond motifs is 1. The van der Waals surface area contributed by atoms with E-state index in [2.05, 4.69) is 15.4 Å². The van der Waals surface area contributed by atoms with Crippen molar-refractivity contribution < 1.29 is 4.79 Å². The number of nitrogens with one attached hydrogen (secondary N) is 1. The van der Waals surface area contributed by atoms with Crippen molar-refractivity contribution in [1.29, 1.82) is 0 Å². The highest BCUT2D eigenvalue weighted by molar-refractivity contribution is 8.00. The van der Waals surface area contributed by atoms with Gasteiger partial charge in [-0.3, -0.25) is 18.8 Å². The van der Waals surface area contributed by atoms with E-state index in [1.54, 1.807) is 15.4 Å². The highest BCUT2D eigenvalue weighted by atomic mass is 32.2. The Kier molecular flexibility index (Phi) is 6.42. The molecule has 0 aliphatic heterocycles. The number of aryl methyl sites for hydroxylation is 2. The van der Waals surface area contributed by atoms with Gasteiger partial charge >= 0.3 is 0 Å². The smallest absolute Gasteiger partial charge is 0.282 e. The predicted octanol–water partition coefficient (Wildman–Crippen LogP) is 3.70. The Labute approximate surface area is 174 Å². The molecule has 1 atom stereocenters. The van der Waals surface area contributed by atoms with Gasteiger partial charge in [0.25, 0.3) is 5.56 Å². The number of amides is 1. The molecule has 0 radical (unpaired) electrons. The number of benzene rings is 1. The standard InChI is InChI=1S/C21H27N5O2S/c1-6-25-12-17-18(24-25)20(28)26(11-13(2)3)21(23-17)29-15(5)19(27)22-16-9-7-8-14(4)10-16/h7-10,12-13,15H,6,11H2,1-5H3,(H,22,27)/t15-/m0/s1. The van der Waals surface area contributed by atoms with Crippen LogP contribution in [0.5, 0.6) is 0 Å². The summed E-state index contributed by atoms with van der Waals surface area (Å²) in [5.74, 6) is 0.131. The molecule has 0 fully saturated rings. The molecule has 7 nitrogen and oxygen atoms in total. The first-order valence-corrected chi connectivity index (χ1v) is 10.7. The van der Waals surface area contributed by atoms with Crippen molar-refractivity contribution in [3.05, 3.63) is 46.4 Å². The average Bonchev–Trinajstić information content (AvgIpc) is 3.08. The highest BCUT2D eigenvalue weighted by Gasteiger charge is 2.21. The van der Waals surface area contributed by atoms with Crippen molar-refractivity contribution >= 4 is 34.4 Å². The molecule has 8 heteroatoms. The molecule has 1 N–H and O–H groups in total. The summed E-state index contributed by atoms with van der Waals surface area (Å²) in [6, 6.07) is 7.67. The maximum absolute atomic E-state index is 13.0. The minimum absolute atomic E-state index is 0.129. The number of anilines is 1. The summed E-state index contributed by atoms with van der Waals surface area (Å²) in [6.07, 6.45) is 1.78. The van der Waals surface area contributed by atoms with Gasteiger partial charge in [-0.1, -0.05) is 37.7 Å². The monoisotopic (exact) mass is 413 g/mol. The lowest BCUT2D eigenvalue weighted by atomic mass is 10.2. The summed E-state index contributed by atoms with van der Waals surface area (Å²) < 4.78 is 3.35. The van der Waals surface area contributed by atoms with Gasteiger partial charge < -0.3 is 5.32 Å². The number of aromatic nitrogens is 4. The number of hydrogen-bond donors (Lipinski definition) is 1. The predicted molar refractivity (Wildman–Crippen MR) is 117 cm³/mol. The maximum Gasteiger partial charge on any atom is 0.282 e. The van der Waals surface area contributed by atoms with Gasteiger partial charge in [-0.25, -0.2) is 4.98 Å². The minimum Gasteiger partial charge on any atom is -0.325 e. The van der Waals surface area contributed by atoms with Gasteiger partial charge in [-0.2, -0.15) is 5.10 Å². The highest BCUT2D eigenvalue weighted by Crippen LogP contribution is 2.24. The third-order valence-corrected chi connectivity index (χ3v) is 5.54. The van der Waals surface area contributed by atoms with E-state index in [-0.39, 0.29) is 17.4 Å². The number of hydrogen-bond acceptors (Lipinski definition) is 5. The van der Waals surface area contributed by atoms with Gasteiger partial charge in [0.2, 0.25) is 5.91 Å². The molecule has 0 bridgehead atoms. The van der Waals surface area contributed by atoms with Crippen LogP contribution in [0.2, 0.25) is 0 Å². The lowest BCUT2D eigenvalue weighted by molar-refractivity contribution is -0.115. The van der Waals surface area contributed by atoms with E-state index < -0.39 is 5.25 Å². The third kappa shape index (κ3) is 4.87. The van der Waals surface area contributed by atoms with Gasteiger partial charge in [-0.15, -0.1) is 0 Å². The summed E-state index contributed by atoms with van der Waals surface area (Å²) in [7, 11) is 0. The van der Waals surface area contributed by atoms with E-state index in [0.29, 0.717) is 29.3 Å². The molecule has 1 aromatic carbocycles. The Morgan fingerprint density at radius 2 is 2.03 bits per heavy atom. The molecule has 0 aliphatic carbocycles. The topological polar surface area (TPSA) is 81.8 Å². The quantitative estimate of drug-likeness (QED) is 0.472. The van der Waals surface area contributed by atoms with Crippen molar-refractivity contribution in [2.45, 2.75) is 58.1 Å². The Balaban J connectivity index is 1.90. The summed E-state index contributed by atoms with van der Waals surface area (Å²) in [5.41, 5.74) is 2.60. The van der Waals surface area contributed by atoms with Crippen molar-refractivity contribution in [2.24, 2.45) is 5.92 Å². The Morgan fingerprint density at radius 1 is 1.28 bits per heavy atom. The SMILES string of the molecule is CCn1cc2nc(S[C@@H](C)C(=O)Nc3cccc(C)c3)n(CC(C)C)c(=O)c2n1. The molecule has 29 heavy (non-hydrogen) atoms. The van der Waals surface area contributed by atoms with Crippen molar-refractivity contribution in [2.75, 3.05) is 5.32 Å². The fourth-order valence-corrected chi connectivity index (χ4v) is 3.90. The van der Waals surface area contributed by atoms with Gasteiger partial charge in [0.05, 0.1) is 11.4 Å². The van der Waals surface area contributed by atoms with Crippen LogP contribution < -0.4 is 10.9 Å². The summed E-state index contributed by atoms with van der Waals surface area (Å²) in [4.78, 5) is 30.4. The number of thioether (sulfide) groups is 1. The summed E-state index contributed by atoms with van der Waals surface area (Å²) in [5, 5.41) is 7.41. The summed E-state index contributed by atoms with van der Waals surface area (Å²) >= 11 is 1.29.